The third kappa shape index (κ3) is 4.29. The summed E-state index contributed by atoms with van der Waals surface area (Å²) in [5, 5.41) is 0. The van der Waals surface area contributed by atoms with Crippen molar-refractivity contribution in [2.75, 3.05) is 32.2 Å². The van der Waals surface area contributed by atoms with Crippen molar-refractivity contribution in [1.29, 1.82) is 0 Å². The Bertz CT molecular complexity index is 781. The van der Waals surface area contributed by atoms with E-state index in [0.29, 0.717) is 11.5 Å². The number of hydrogen-bond donors (Lipinski definition) is 2. The highest BCUT2D eigenvalue weighted by Gasteiger charge is 2.21. The maximum atomic E-state index is 10.9. The van der Waals surface area contributed by atoms with Gasteiger partial charge >= 0.3 is 0 Å². The Hall–Kier alpha value is -2.23. The van der Waals surface area contributed by atoms with Crippen LogP contribution in [-0.4, -0.2) is 52.1 Å². The van der Waals surface area contributed by atoms with Crippen LogP contribution in [0.15, 0.2) is 30.6 Å². The first kappa shape index (κ1) is 18.6. The summed E-state index contributed by atoms with van der Waals surface area (Å²) in [7, 11) is 3.20. The molecule has 0 saturated carbocycles. The highest BCUT2D eigenvalue weighted by Crippen LogP contribution is 2.32. The Morgan fingerprint density at radius 3 is 2.54 bits per heavy atom. The van der Waals surface area contributed by atoms with Crippen LogP contribution < -0.4 is 19.1 Å². The van der Waals surface area contributed by atoms with E-state index in [1.165, 1.54) is 0 Å². The third-order valence-corrected chi connectivity index (χ3v) is 4.95. The van der Waals surface area contributed by atoms with Crippen molar-refractivity contribution in [3.8, 4) is 22.8 Å². The molecule has 0 spiro atoms. The second kappa shape index (κ2) is 8.43. The monoisotopic (exact) mass is 378 g/mol. The Balaban J connectivity index is 1.76. The van der Waals surface area contributed by atoms with Gasteiger partial charge in [-0.1, -0.05) is 0 Å². The number of hydrogen-bond acceptors (Lipinski definition) is 6. The quantitative estimate of drug-likeness (QED) is 0.741. The van der Waals surface area contributed by atoms with Crippen LogP contribution in [0, 0.1) is 0 Å². The van der Waals surface area contributed by atoms with Gasteiger partial charge in [0.05, 0.1) is 19.9 Å². The molecular weight excluding hydrogens is 356 g/mol. The van der Waals surface area contributed by atoms with Gasteiger partial charge in [0.25, 0.3) is 0 Å². The molecule has 26 heavy (non-hydrogen) atoms. The highest BCUT2D eigenvalue weighted by molar-refractivity contribution is 7.77. The lowest BCUT2D eigenvalue weighted by Gasteiger charge is -2.32. The van der Waals surface area contributed by atoms with Crippen molar-refractivity contribution >= 4 is 17.1 Å². The first-order valence-corrected chi connectivity index (χ1v) is 9.38. The van der Waals surface area contributed by atoms with E-state index in [4.69, 9.17) is 14.0 Å². The molecule has 1 aliphatic rings. The van der Waals surface area contributed by atoms with Crippen LogP contribution in [0.25, 0.3) is 11.3 Å². The molecule has 2 N–H and O–H groups in total. The van der Waals surface area contributed by atoms with Crippen LogP contribution in [0.2, 0.25) is 0 Å². The van der Waals surface area contributed by atoms with Crippen LogP contribution in [0.3, 0.4) is 0 Å². The van der Waals surface area contributed by atoms with Crippen molar-refractivity contribution in [3.63, 3.8) is 0 Å². The minimum Gasteiger partial charge on any atom is -0.493 e. The standard InChI is InChI=1S/C17H22N4O4S/c1-24-15-4-3-12(9-16(15)25-2)14-10-17(19-11-18-14)21-7-5-13(6-8-21)20-26(22)23/h3-4,9-11,13,20H,5-8H2,1-2H3,(H,22,23). The molecule has 1 fully saturated rings. The second-order valence-electron chi connectivity index (χ2n) is 5.96. The van der Waals surface area contributed by atoms with Gasteiger partial charge in [-0.2, -0.15) is 0 Å². The van der Waals surface area contributed by atoms with E-state index in [2.05, 4.69) is 19.6 Å². The van der Waals surface area contributed by atoms with Gasteiger partial charge in [0.2, 0.25) is 11.3 Å². The zero-order chi connectivity index (χ0) is 18.5. The molecule has 1 aliphatic heterocycles. The maximum Gasteiger partial charge on any atom is 0.231 e. The number of piperidine rings is 1. The maximum absolute atomic E-state index is 10.9. The van der Waals surface area contributed by atoms with Gasteiger partial charge < -0.3 is 14.4 Å². The molecule has 0 radical (unpaired) electrons. The summed E-state index contributed by atoms with van der Waals surface area (Å²) < 4.78 is 33.1. The summed E-state index contributed by atoms with van der Waals surface area (Å²) in [6.45, 7) is 1.52. The number of nitrogens with zero attached hydrogens (tertiary/aromatic N) is 3. The van der Waals surface area contributed by atoms with Crippen molar-refractivity contribution < 1.29 is 18.2 Å². The fraction of sp³-hybridized carbons (Fsp3) is 0.412. The Labute approximate surface area is 155 Å². The molecule has 2 aromatic rings. The van der Waals surface area contributed by atoms with E-state index in [1.54, 1.807) is 20.5 Å². The predicted molar refractivity (Wildman–Crippen MR) is 99.7 cm³/mol. The van der Waals surface area contributed by atoms with Crippen LogP contribution in [0.5, 0.6) is 11.5 Å². The smallest absolute Gasteiger partial charge is 0.231 e. The molecule has 1 atom stereocenters. The lowest BCUT2D eigenvalue weighted by atomic mass is 10.1. The van der Waals surface area contributed by atoms with Gasteiger partial charge in [-0.3, -0.25) is 4.55 Å². The van der Waals surface area contributed by atoms with Crippen LogP contribution in [-0.2, 0) is 11.3 Å². The Kier molecular flexibility index (Phi) is 6.02. The Morgan fingerprint density at radius 1 is 1.15 bits per heavy atom. The summed E-state index contributed by atoms with van der Waals surface area (Å²) in [5.41, 5.74) is 1.71. The van der Waals surface area contributed by atoms with Gasteiger partial charge in [-0.05, 0) is 31.0 Å². The molecule has 0 aliphatic carbocycles. The molecule has 140 valence electrons. The summed E-state index contributed by atoms with van der Waals surface area (Å²) in [4.78, 5) is 10.9. The van der Waals surface area contributed by atoms with E-state index < -0.39 is 11.3 Å². The lowest BCUT2D eigenvalue weighted by molar-refractivity contribution is 0.355. The summed E-state index contributed by atoms with van der Waals surface area (Å²) in [6, 6.07) is 7.66. The molecular formula is C17H22N4O4S. The molecule has 2 heterocycles. The number of aromatic nitrogens is 2. The van der Waals surface area contributed by atoms with Crippen LogP contribution in [0.4, 0.5) is 5.82 Å². The number of anilines is 1. The number of methoxy groups -OCH3 is 2. The first-order chi connectivity index (χ1) is 12.6. The Morgan fingerprint density at radius 2 is 1.88 bits per heavy atom. The fourth-order valence-corrected chi connectivity index (χ4v) is 3.56. The first-order valence-electron chi connectivity index (χ1n) is 8.27. The third-order valence-electron chi connectivity index (χ3n) is 4.42. The molecule has 8 nitrogen and oxygen atoms in total. The number of ether oxygens (including phenoxy) is 2. The van der Waals surface area contributed by atoms with E-state index in [9.17, 15) is 4.21 Å². The van der Waals surface area contributed by atoms with Gasteiger partial charge in [-0.25, -0.2) is 18.9 Å². The minimum atomic E-state index is -1.97. The van der Waals surface area contributed by atoms with Gasteiger partial charge in [-0.15, -0.1) is 0 Å². The van der Waals surface area contributed by atoms with Gasteiger partial charge in [0, 0.05) is 30.8 Å². The lowest BCUT2D eigenvalue weighted by Crippen LogP contribution is -2.43. The molecule has 9 heteroatoms. The molecule has 0 amide bonds. The van der Waals surface area contributed by atoms with Crippen molar-refractivity contribution in [1.82, 2.24) is 14.7 Å². The van der Waals surface area contributed by atoms with Gasteiger partial charge in [0.15, 0.2) is 11.5 Å². The number of nitrogens with one attached hydrogen (secondary N) is 1. The van der Waals surface area contributed by atoms with Crippen LogP contribution >= 0.6 is 0 Å². The zero-order valence-electron chi connectivity index (χ0n) is 14.7. The molecule has 1 saturated heterocycles. The van der Waals surface area contributed by atoms with Crippen molar-refractivity contribution in [2.24, 2.45) is 0 Å². The second-order valence-corrected chi connectivity index (χ2v) is 6.69. The minimum absolute atomic E-state index is 0.0456. The van der Waals surface area contributed by atoms with Crippen molar-refractivity contribution in [3.05, 3.63) is 30.6 Å². The average Bonchev–Trinajstić information content (AvgIpc) is 2.67. The number of benzene rings is 1. The molecule has 0 bridgehead atoms. The fourth-order valence-electron chi connectivity index (χ4n) is 3.04. The molecule has 3 rings (SSSR count). The highest BCUT2D eigenvalue weighted by atomic mass is 32.2. The van der Waals surface area contributed by atoms with E-state index >= 15 is 0 Å². The van der Waals surface area contributed by atoms with E-state index in [1.807, 2.05) is 24.3 Å². The van der Waals surface area contributed by atoms with Crippen molar-refractivity contribution in [2.45, 2.75) is 18.9 Å². The zero-order valence-corrected chi connectivity index (χ0v) is 15.5. The van der Waals surface area contributed by atoms with Gasteiger partial charge in [0.1, 0.15) is 12.1 Å². The summed E-state index contributed by atoms with van der Waals surface area (Å²) in [5.74, 6) is 2.16. The summed E-state index contributed by atoms with van der Waals surface area (Å²) >= 11 is -1.97. The van der Waals surface area contributed by atoms with E-state index in [-0.39, 0.29) is 6.04 Å². The summed E-state index contributed by atoms with van der Waals surface area (Å²) in [6.07, 6.45) is 3.11. The molecule has 1 unspecified atom stereocenters. The normalized spacial score (nSPS) is 16.3. The molecule has 1 aromatic carbocycles. The largest absolute Gasteiger partial charge is 0.493 e. The predicted octanol–water partition coefficient (Wildman–Crippen LogP) is 1.86. The molecule has 1 aromatic heterocycles. The van der Waals surface area contributed by atoms with Crippen LogP contribution in [0.1, 0.15) is 12.8 Å². The average molecular weight is 378 g/mol. The topological polar surface area (TPSA) is 96.8 Å². The number of rotatable bonds is 6. The SMILES string of the molecule is COc1ccc(-c2cc(N3CCC(NS(=O)O)CC3)ncn2)cc1OC. The van der Waals surface area contributed by atoms with E-state index in [0.717, 1.165) is 43.0 Å².